The van der Waals surface area contributed by atoms with Crippen LogP contribution in [0.25, 0.3) is 0 Å². The molecule has 1 fully saturated rings. The minimum atomic E-state index is 0.610. The number of aromatic nitrogens is 2. The summed E-state index contributed by atoms with van der Waals surface area (Å²) in [6.07, 6.45) is 8.67. The summed E-state index contributed by atoms with van der Waals surface area (Å²) in [5, 5.41) is 6.81. The van der Waals surface area contributed by atoms with Gasteiger partial charge in [-0.25, -0.2) is 4.98 Å². The predicted octanol–water partition coefficient (Wildman–Crippen LogP) is 4.78. The molecule has 3 heterocycles. The highest BCUT2D eigenvalue weighted by molar-refractivity contribution is 5.58. The molecule has 1 saturated heterocycles. The molecule has 2 N–H and O–H groups in total. The van der Waals surface area contributed by atoms with Gasteiger partial charge in [0.15, 0.2) is 0 Å². The summed E-state index contributed by atoms with van der Waals surface area (Å²) >= 11 is 0. The number of furan rings is 1. The van der Waals surface area contributed by atoms with Crippen molar-refractivity contribution in [1.82, 2.24) is 14.9 Å². The summed E-state index contributed by atoms with van der Waals surface area (Å²) in [5.74, 6) is 3.30. The largest absolute Gasteiger partial charge is 0.492 e. The number of nitrogens with zero attached hydrogens (tertiary/aromatic N) is 3. The van der Waals surface area contributed by atoms with Crippen molar-refractivity contribution in [2.45, 2.75) is 45.1 Å². The summed E-state index contributed by atoms with van der Waals surface area (Å²) in [5.41, 5.74) is 3.32. The van der Waals surface area contributed by atoms with Gasteiger partial charge in [0.05, 0.1) is 18.5 Å². The van der Waals surface area contributed by atoms with Crippen molar-refractivity contribution in [3.8, 4) is 5.75 Å². The van der Waals surface area contributed by atoms with E-state index >= 15 is 0 Å². The zero-order chi connectivity index (χ0) is 21.6. The fraction of sp³-hybridized carbons (Fsp3) is 0.440. The van der Waals surface area contributed by atoms with Gasteiger partial charge in [0.25, 0.3) is 0 Å². The molecule has 3 aromatic rings. The SMILES string of the molecule is c1coc(CNc2nc(Nc3ccc(OCCN4CCCC4)cc3)nc3c2CCCC3)c1. The molecule has 168 valence electrons. The first-order chi connectivity index (χ1) is 15.8. The lowest BCUT2D eigenvalue weighted by atomic mass is 9.96. The van der Waals surface area contributed by atoms with E-state index in [0.29, 0.717) is 12.5 Å². The van der Waals surface area contributed by atoms with Crippen molar-refractivity contribution in [2.24, 2.45) is 0 Å². The molecule has 1 aliphatic heterocycles. The molecule has 0 radical (unpaired) electrons. The highest BCUT2D eigenvalue weighted by atomic mass is 16.5. The van der Waals surface area contributed by atoms with E-state index in [4.69, 9.17) is 19.1 Å². The Labute approximate surface area is 189 Å². The molecule has 1 aromatic carbocycles. The molecule has 0 saturated carbocycles. The van der Waals surface area contributed by atoms with Gasteiger partial charge in [0, 0.05) is 17.8 Å². The molecule has 7 heteroatoms. The van der Waals surface area contributed by atoms with Gasteiger partial charge in [-0.2, -0.15) is 4.98 Å². The molecule has 5 rings (SSSR count). The van der Waals surface area contributed by atoms with Crippen LogP contribution in [0.1, 0.15) is 42.7 Å². The number of hydrogen-bond acceptors (Lipinski definition) is 7. The van der Waals surface area contributed by atoms with Crippen LogP contribution in [-0.4, -0.2) is 41.1 Å². The first-order valence-electron chi connectivity index (χ1n) is 11.7. The lowest BCUT2D eigenvalue weighted by Gasteiger charge is -2.20. The van der Waals surface area contributed by atoms with Gasteiger partial charge < -0.3 is 19.8 Å². The second kappa shape index (κ2) is 10.0. The third-order valence-electron chi connectivity index (χ3n) is 6.18. The zero-order valence-electron chi connectivity index (χ0n) is 18.5. The Balaban J connectivity index is 1.23. The molecule has 0 atom stereocenters. The number of ether oxygens (including phenoxy) is 1. The van der Waals surface area contributed by atoms with Gasteiger partial charge >= 0.3 is 0 Å². The highest BCUT2D eigenvalue weighted by Gasteiger charge is 2.18. The summed E-state index contributed by atoms with van der Waals surface area (Å²) in [4.78, 5) is 12.1. The van der Waals surface area contributed by atoms with Crippen molar-refractivity contribution in [3.05, 3.63) is 59.7 Å². The average Bonchev–Trinajstić information content (AvgIpc) is 3.53. The monoisotopic (exact) mass is 433 g/mol. The highest BCUT2D eigenvalue weighted by Crippen LogP contribution is 2.28. The molecule has 0 spiro atoms. The normalized spacial score (nSPS) is 16.0. The number of anilines is 3. The number of benzene rings is 1. The third kappa shape index (κ3) is 5.22. The van der Waals surface area contributed by atoms with E-state index in [1.54, 1.807) is 6.26 Å². The molecule has 7 nitrogen and oxygen atoms in total. The van der Waals surface area contributed by atoms with E-state index in [2.05, 4.69) is 15.5 Å². The Morgan fingerprint density at radius 1 is 0.969 bits per heavy atom. The molecule has 2 aromatic heterocycles. The topological polar surface area (TPSA) is 75.5 Å². The second-order valence-electron chi connectivity index (χ2n) is 8.51. The van der Waals surface area contributed by atoms with Crippen LogP contribution in [0.3, 0.4) is 0 Å². The maximum Gasteiger partial charge on any atom is 0.229 e. The van der Waals surface area contributed by atoms with E-state index in [1.165, 1.54) is 44.3 Å². The zero-order valence-corrected chi connectivity index (χ0v) is 18.5. The quantitative estimate of drug-likeness (QED) is 0.503. The fourth-order valence-electron chi connectivity index (χ4n) is 4.44. The Kier molecular flexibility index (Phi) is 6.53. The molecule has 32 heavy (non-hydrogen) atoms. The first-order valence-corrected chi connectivity index (χ1v) is 11.7. The Hall–Kier alpha value is -3.06. The smallest absolute Gasteiger partial charge is 0.229 e. The minimum Gasteiger partial charge on any atom is -0.492 e. The number of aryl methyl sites for hydroxylation is 1. The lowest BCUT2D eigenvalue weighted by molar-refractivity contribution is 0.238. The van der Waals surface area contributed by atoms with Gasteiger partial charge in [-0.3, -0.25) is 4.90 Å². The van der Waals surface area contributed by atoms with Crippen molar-refractivity contribution in [3.63, 3.8) is 0 Å². The van der Waals surface area contributed by atoms with E-state index < -0.39 is 0 Å². The van der Waals surface area contributed by atoms with Crippen LogP contribution >= 0.6 is 0 Å². The van der Waals surface area contributed by atoms with Crippen LogP contribution in [0.15, 0.2) is 47.1 Å². The van der Waals surface area contributed by atoms with Crippen LogP contribution in [0.2, 0.25) is 0 Å². The summed E-state index contributed by atoms with van der Waals surface area (Å²) in [6, 6.07) is 11.9. The minimum absolute atomic E-state index is 0.610. The van der Waals surface area contributed by atoms with Crippen LogP contribution < -0.4 is 15.4 Å². The van der Waals surface area contributed by atoms with Crippen molar-refractivity contribution < 1.29 is 9.15 Å². The molecule has 0 unspecified atom stereocenters. The molecular formula is C25H31N5O2. The number of hydrogen-bond donors (Lipinski definition) is 2. The average molecular weight is 434 g/mol. The van der Waals surface area contributed by atoms with Gasteiger partial charge in [-0.1, -0.05) is 0 Å². The van der Waals surface area contributed by atoms with Gasteiger partial charge in [-0.05, 0) is 88.0 Å². The molecular weight excluding hydrogens is 402 g/mol. The van der Waals surface area contributed by atoms with Crippen LogP contribution in [0.5, 0.6) is 5.75 Å². The predicted molar refractivity (Wildman–Crippen MR) is 126 cm³/mol. The van der Waals surface area contributed by atoms with Crippen LogP contribution in [0.4, 0.5) is 17.5 Å². The third-order valence-corrected chi connectivity index (χ3v) is 6.18. The molecule has 0 amide bonds. The van der Waals surface area contributed by atoms with E-state index in [0.717, 1.165) is 54.7 Å². The molecule has 0 bridgehead atoms. The maximum atomic E-state index is 5.91. The second-order valence-corrected chi connectivity index (χ2v) is 8.51. The van der Waals surface area contributed by atoms with E-state index in [-0.39, 0.29) is 0 Å². The summed E-state index contributed by atoms with van der Waals surface area (Å²) in [6.45, 7) is 4.73. The van der Waals surface area contributed by atoms with E-state index in [9.17, 15) is 0 Å². The molecule has 2 aliphatic rings. The Morgan fingerprint density at radius 3 is 2.62 bits per heavy atom. The standard InChI is InChI=1S/C25H31N5O2/c1-2-8-23-22(7-1)24(26-18-21-6-5-16-31-21)29-25(28-23)27-19-9-11-20(12-10-19)32-17-15-30-13-3-4-14-30/h5-6,9-12,16H,1-4,7-8,13-15,17-18H2,(H2,26,27,28,29). The van der Waals surface area contributed by atoms with Crippen molar-refractivity contribution in [2.75, 3.05) is 36.9 Å². The van der Waals surface area contributed by atoms with Crippen molar-refractivity contribution >= 4 is 17.5 Å². The van der Waals surface area contributed by atoms with Gasteiger partial charge in [0.2, 0.25) is 5.95 Å². The lowest BCUT2D eigenvalue weighted by Crippen LogP contribution is -2.25. The number of rotatable bonds is 9. The summed E-state index contributed by atoms with van der Waals surface area (Å²) < 4.78 is 11.4. The number of nitrogens with one attached hydrogen (secondary N) is 2. The maximum absolute atomic E-state index is 5.91. The number of likely N-dealkylation sites (tertiary alicyclic amines) is 1. The van der Waals surface area contributed by atoms with Crippen LogP contribution in [-0.2, 0) is 19.4 Å². The summed E-state index contributed by atoms with van der Waals surface area (Å²) in [7, 11) is 0. The fourth-order valence-corrected chi connectivity index (χ4v) is 4.44. The van der Waals surface area contributed by atoms with E-state index in [1.807, 2.05) is 36.4 Å². The van der Waals surface area contributed by atoms with Crippen molar-refractivity contribution in [1.29, 1.82) is 0 Å². The first kappa shape index (κ1) is 20.8. The van der Waals surface area contributed by atoms with Gasteiger partial charge in [0.1, 0.15) is 23.9 Å². The number of fused-ring (bicyclic) bond motifs is 1. The van der Waals surface area contributed by atoms with Crippen LogP contribution in [0, 0.1) is 0 Å². The molecule has 1 aliphatic carbocycles. The Morgan fingerprint density at radius 2 is 1.81 bits per heavy atom. The van der Waals surface area contributed by atoms with Gasteiger partial charge in [-0.15, -0.1) is 0 Å². The Bertz CT molecular complexity index is 998.